The van der Waals surface area contributed by atoms with E-state index in [9.17, 15) is 5.11 Å². The van der Waals surface area contributed by atoms with E-state index in [2.05, 4.69) is 11.8 Å². The fourth-order valence-corrected chi connectivity index (χ4v) is 2.86. The molecule has 1 aromatic carbocycles. The van der Waals surface area contributed by atoms with Crippen molar-refractivity contribution >= 4 is 0 Å². The first-order valence-electron chi connectivity index (χ1n) is 6.97. The summed E-state index contributed by atoms with van der Waals surface area (Å²) >= 11 is 0. The van der Waals surface area contributed by atoms with Crippen LogP contribution in [0, 0.1) is 0 Å². The van der Waals surface area contributed by atoms with Crippen LogP contribution in [0.15, 0.2) is 18.2 Å². The van der Waals surface area contributed by atoms with Crippen molar-refractivity contribution in [1.29, 1.82) is 0 Å². The summed E-state index contributed by atoms with van der Waals surface area (Å²) in [6, 6.07) is 6.19. The molecule has 2 atom stereocenters. The van der Waals surface area contributed by atoms with E-state index < -0.39 is 0 Å². The monoisotopic (exact) mass is 264 g/mol. The van der Waals surface area contributed by atoms with Crippen molar-refractivity contribution < 1.29 is 9.84 Å². The first-order chi connectivity index (χ1) is 9.11. The van der Waals surface area contributed by atoms with Gasteiger partial charge in [0.05, 0.1) is 7.11 Å². The van der Waals surface area contributed by atoms with Crippen LogP contribution in [-0.2, 0) is 6.54 Å². The van der Waals surface area contributed by atoms with Crippen molar-refractivity contribution in [2.75, 3.05) is 13.7 Å². The Morgan fingerprint density at radius 3 is 2.95 bits per heavy atom. The molecule has 0 amide bonds. The molecular weight excluding hydrogens is 240 g/mol. The maximum absolute atomic E-state index is 9.62. The molecule has 0 radical (unpaired) electrons. The summed E-state index contributed by atoms with van der Waals surface area (Å²) in [5.74, 6) is 0.723. The number of likely N-dealkylation sites (tertiary alicyclic amines) is 1. The average Bonchev–Trinajstić information content (AvgIpc) is 2.41. The average molecular weight is 264 g/mol. The Morgan fingerprint density at radius 2 is 2.26 bits per heavy atom. The van der Waals surface area contributed by atoms with Gasteiger partial charge >= 0.3 is 0 Å². The lowest BCUT2D eigenvalue weighted by Crippen LogP contribution is -2.48. The lowest BCUT2D eigenvalue weighted by molar-refractivity contribution is 0.123. The normalized spacial score (nSPS) is 22.2. The molecule has 1 aliphatic rings. The minimum absolute atomic E-state index is 0.189. The maximum atomic E-state index is 9.62. The van der Waals surface area contributed by atoms with Gasteiger partial charge in [0.2, 0.25) is 0 Å². The Hall–Kier alpha value is -1.26. The molecule has 4 heteroatoms. The minimum Gasteiger partial charge on any atom is -0.504 e. The lowest BCUT2D eigenvalue weighted by Gasteiger charge is -2.38. The zero-order valence-corrected chi connectivity index (χ0v) is 11.8. The number of phenolic OH excluding ortho intramolecular Hbond substituents is 1. The van der Waals surface area contributed by atoms with Gasteiger partial charge in [0, 0.05) is 18.6 Å². The van der Waals surface area contributed by atoms with Gasteiger partial charge in [0.25, 0.3) is 0 Å². The van der Waals surface area contributed by atoms with Crippen molar-refractivity contribution in [3.05, 3.63) is 23.8 Å². The Kier molecular flexibility index (Phi) is 4.66. The molecular formula is C15H24N2O2. The zero-order chi connectivity index (χ0) is 13.8. The fourth-order valence-electron chi connectivity index (χ4n) is 2.86. The highest BCUT2D eigenvalue weighted by atomic mass is 16.5. The summed E-state index contributed by atoms with van der Waals surface area (Å²) in [7, 11) is 1.57. The molecule has 0 spiro atoms. The number of aromatic hydroxyl groups is 1. The highest BCUT2D eigenvalue weighted by Crippen LogP contribution is 2.28. The number of hydrogen-bond acceptors (Lipinski definition) is 4. The second kappa shape index (κ2) is 6.26. The van der Waals surface area contributed by atoms with E-state index in [1.165, 1.54) is 19.3 Å². The predicted octanol–water partition coefficient (Wildman–Crippen LogP) is 2.10. The van der Waals surface area contributed by atoms with Crippen LogP contribution >= 0.6 is 0 Å². The number of ether oxygens (including phenoxy) is 1. The first-order valence-corrected chi connectivity index (χ1v) is 6.97. The first kappa shape index (κ1) is 14.2. The van der Waals surface area contributed by atoms with E-state index in [1.807, 2.05) is 12.1 Å². The quantitative estimate of drug-likeness (QED) is 0.874. The van der Waals surface area contributed by atoms with E-state index in [-0.39, 0.29) is 11.8 Å². The molecule has 1 aliphatic heterocycles. The number of phenols is 1. The molecule has 2 rings (SSSR count). The third-order valence-corrected chi connectivity index (χ3v) is 3.90. The van der Waals surface area contributed by atoms with Crippen molar-refractivity contribution in [2.45, 2.75) is 44.8 Å². The van der Waals surface area contributed by atoms with Crippen molar-refractivity contribution in [2.24, 2.45) is 5.73 Å². The van der Waals surface area contributed by atoms with Crippen LogP contribution in [0.1, 0.15) is 31.7 Å². The molecule has 0 aliphatic carbocycles. The molecule has 106 valence electrons. The highest BCUT2D eigenvalue weighted by molar-refractivity contribution is 5.41. The van der Waals surface area contributed by atoms with Crippen LogP contribution in [0.3, 0.4) is 0 Å². The van der Waals surface area contributed by atoms with Crippen molar-refractivity contribution in [3.8, 4) is 11.5 Å². The number of hydrogen-bond donors (Lipinski definition) is 2. The molecule has 0 saturated carbocycles. The summed E-state index contributed by atoms with van der Waals surface area (Å²) in [6.45, 7) is 4.04. The van der Waals surface area contributed by atoms with Gasteiger partial charge < -0.3 is 15.6 Å². The van der Waals surface area contributed by atoms with Crippen LogP contribution in [0.2, 0.25) is 0 Å². The van der Waals surface area contributed by atoms with E-state index in [0.29, 0.717) is 11.8 Å². The molecule has 4 nitrogen and oxygen atoms in total. The van der Waals surface area contributed by atoms with E-state index in [4.69, 9.17) is 10.5 Å². The SMILES string of the molecule is COc1cc(CN2CCCCC2C(C)N)ccc1O. The molecule has 1 aromatic rings. The predicted molar refractivity (Wildman–Crippen MR) is 76.4 cm³/mol. The zero-order valence-electron chi connectivity index (χ0n) is 11.8. The van der Waals surface area contributed by atoms with Gasteiger partial charge in [0.1, 0.15) is 0 Å². The molecule has 0 aromatic heterocycles. The summed E-state index contributed by atoms with van der Waals surface area (Å²) in [5.41, 5.74) is 7.24. The van der Waals surface area contributed by atoms with E-state index in [0.717, 1.165) is 18.7 Å². The van der Waals surface area contributed by atoms with Crippen molar-refractivity contribution in [1.82, 2.24) is 4.90 Å². The highest BCUT2D eigenvalue weighted by Gasteiger charge is 2.25. The molecule has 2 unspecified atom stereocenters. The lowest BCUT2D eigenvalue weighted by atomic mass is 9.96. The number of rotatable bonds is 4. The molecule has 19 heavy (non-hydrogen) atoms. The van der Waals surface area contributed by atoms with E-state index >= 15 is 0 Å². The van der Waals surface area contributed by atoms with Gasteiger partial charge in [-0.3, -0.25) is 4.90 Å². The Morgan fingerprint density at radius 1 is 1.47 bits per heavy atom. The maximum Gasteiger partial charge on any atom is 0.160 e. The van der Waals surface area contributed by atoms with Gasteiger partial charge in [0.15, 0.2) is 11.5 Å². The van der Waals surface area contributed by atoms with Gasteiger partial charge in [-0.2, -0.15) is 0 Å². The van der Waals surface area contributed by atoms with Crippen LogP contribution < -0.4 is 10.5 Å². The third-order valence-electron chi connectivity index (χ3n) is 3.90. The van der Waals surface area contributed by atoms with Gasteiger partial charge in [-0.15, -0.1) is 0 Å². The Labute approximate surface area is 115 Å². The van der Waals surface area contributed by atoms with Gasteiger partial charge in [-0.1, -0.05) is 12.5 Å². The Balaban J connectivity index is 2.10. The molecule has 1 fully saturated rings. The summed E-state index contributed by atoms with van der Waals surface area (Å²) < 4.78 is 5.16. The Bertz CT molecular complexity index is 421. The largest absolute Gasteiger partial charge is 0.504 e. The molecule has 0 bridgehead atoms. The number of methoxy groups -OCH3 is 1. The summed E-state index contributed by atoms with van der Waals surface area (Å²) in [5, 5.41) is 9.62. The second-order valence-electron chi connectivity index (χ2n) is 5.40. The third kappa shape index (κ3) is 3.39. The fraction of sp³-hybridized carbons (Fsp3) is 0.600. The standard InChI is InChI=1S/C15H24N2O2/c1-11(16)13-5-3-4-8-17(13)10-12-6-7-14(18)15(9-12)19-2/h6-7,9,11,13,18H,3-5,8,10,16H2,1-2H3. The van der Waals surface area contributed by atoms with Crippen LogP contribution in [0.25, 0.3) is 0 Å². The summed E-state index contributed by atoms with van der Waals surface area (Å²) in [6.07, 6.45) is 3.67. The minimum atomic E-state index is 0.189. The van der Waals surface area contributed by atoms with Crippen molar-refractivity contribution in [3.63, 3.8) is 0 Å². The number of nitrogens with two attached hydrogens (primary N) is 1. The van der Waals surface area contributed by atoms with Gasteiger partial charge in [-0.05, 0) is 44.0 Å². The van der Waals surface area contributed by atoms with Crippen LogP contribution in [-0.4, -0.2) is 35.7 Å². The number of piperidine rings is 1. The van der Waals surface area contributed by atoms with Gasteiger partial charge in [-0.25, -0.2) is 0 Å². The van der Waals surface area contributed by atoms with E-state index in [1.54, 1.807) is 13.2 Å². The smallest absolute Gasteiger partial charge is 0.160 e. The molecule has 1 saturated heterocycles. The molecule has 1 heterocycles. The number of nitrogens with zero attached hydrogens (tertiary/aromatic N) is 1. The van der Waals surface area contributed by atoms with Crippen LogP contribution in [0.4, 0.5) is 0 Å². The number of benzene rings is 1. The molecule has 3 N–H and O–H groups in total. The second-order valence-corrected chi connectivity index (χ2v) is 5.40. The van der Waals surface area contributed by atoms with Crippen LogP contribution in [0.5, 0.6) is 11.5 Å². The topological polar surface area (TPSA) is 58.7 Å². The summed E-state index contributed by atoms with van der Waals surface area (Å²) in [4.78, 5) is 2.44.